The van der Waals surface area contributed by atoms with E-state index in [0.29, 0.717) is 12.6 Å². The van der Waals surface area contributed by atoms with Gasteiger partial charge in [-0.1, -0.05) is 17.7 Å². The minimum Gasteiger partial charge on any atom is -0.369 e. The van der Waals surface area contributed by atoms with Crippen LogP contribution in [0.2, 0.25) is 5.02 Å². The van der Waals surface area contributed by atoms with Crippen LogP contribution in [-0.4, -0.2) is 53.0 Å². The molecule has 9 heteroatoms. The average Bonchev–Trinajstić information content (AvgIpc) is 3.35. The highest BCUT2D eigenvalue weighted by atomic mass is 35.5. The summed E-state index contributed by atoms with van der Waals surface area (Å²) in [4.78, 5) is 19.1. The molecule has 1 aromatic heterocycles. The van der Waals surface area contributed by atoms with E-state index in [1.54, 1.807) is 11.7 Å². The van der Waals surface area contributed by atoms with Crippen molar-refractivity contribution in [2.75, 3.05) is 31.6 Å². The number of anilines is 1. The number of nitrogens with one attached hydrogen (secondary N) is 2. The van der Waals surface area contributed by atoms with Crippen LogP contribution in [0.1, 0.15) is 31.5 Å². The number of fused-ring (bicyclic) bond motifs is 1. The lowest BCUT2D eigenvalue weighted by molar-refractivity contribution is 0.509. The number of hydrogen-bond acceptors (Lipinski definition) is 4. The van der Waals surface area contributed by atoms with Crippen molar-refractivity contribution in [2.45, 2.75) is 51.2 Å². The molecule has 0 amide bonds. The van der Waals surface area contributed by atoms with Gasteiger partial charge in [0, 0.05) is 62.9 Å². The molecule has 4 rings (SSSR count). The maximum absolute atomic E-state index is 12.4. The van der Waals surface area contributed by atoms with Gasteiger partial charge in [0.05, 0.1) is 0 Å². The van der Waals surface area contributed by atoms with E-state index in [1.165, 1.54) is 0 Å². The van der Waals surface area contributed by atoms with E-state index >= 15 is 0 Å². The molecule has 8 nitrogen and oxygen atoms in total. The van der Waals surface area contributed by atoms with Crippen molar-refractivity contribution in [1.29, 1.82) is 0 Å². The molecule has 162 valence electrons. The van der Waals surface area contributed by atoms with Crippen molar-refractivity contribution in [2.24, 2.45) is 4.99 Å². The fourth-order valence-electron chi connectivity index (χ4n) is 4.20. The fourth-order valence-corrected chi connectivity index (χ4v) is 4.39. The molecular weight excluding hydrogens is 402 g/mol. The molecule has 0 spiro atoms. The molecule has 1 aromatic carbocycles. The minimum atomic E-state index is 0.0271. The number of nitrogens with zero attached hydrogens (tertiary/aromatic N) is 5. The summed E-state index contributed by atoms with van der Waals surface area (Å²) in [5.74, 6) is 1.73. The second kappa shape index (κ2) is 9.55. The van der Waals surface area contributed by atoms with Crippen LogP contribution in [-0.2, 0) is 19.5 Å². The molecule has 2 aliphatic heterocycles. The first-order valence-electron chi connectivity index (χ1n) is 10.8. The highest BCUT2D eigenvalue weighted by Crippen LogP contribution is 2.23. The Kier molecular flexibility index (Phi) is 6.62. The van der Waals surface area contributed by atoms with E-state index in [1.807, 2.05) is 22.8 Å². The van der Waals surface area contributed by atoms with Gasteiger partial charge in [-0.25, -0.2) is 9.48 Å². The first-order chi connectivity index (χ1) is 14.6. The second-order valence-electron chi connectivity index (χ2n) is 7.94. The summed E-state index contributed by atoms with van der Waals surface area (Å²) in [6.07, 6.45) is 4.96. The minimum absolute atomic E-state index is 0.0271. The molecule has 1 saturated heterocycles. The van der Waals surface area contributed by atoms with E-state index in [9.17, 15) is 4.79 Å². The van der Waals surface area contributed by atoms with Crippen molar-refractivity contribution >= 4 is 23.2 Å². The molecule has 0 saturated carbocycles. The van der Waals surface area contributed by atoms with Crippen molar-refractivity contribution < 1.29 is 0 Å². The van der Waals surface area contributed by atoms with Crippen LogP contribution >= 0.6 is 11.6 Å². The summed E-state index contributed by atoms with van der Waals surface area (Å²) in [6, 6.07) is 8.32. The number of rotatable bonds is 6. The Hall–Kier alpha value is -2.48. The molecule has 1 fully saturated rings. The van der Waals surface area contributed by atoms with Crippen LogP contribution in [0.25, 0.3) is 0 Å². The van der Waals surface area contributed by atoms with Gasteiger partial charge >= 0.3 is 5.69 Å². The van der Waals surface area contributed by atoms with E-state index in [0.717, 1.165) is 80.8 Å². The van der Waals surface area contributed by atoms with E-state index < -0.39 is 0 Å². The van der Waals surface area contributed by atoms with Crippen molar-refractivity contribution in [3.8, 4) is 0 Å². The third kappa shape index (κ3) is 4.80. The topological polar surface area (TPSA) is 79.5 Å². The Morgan fingerprint density at radius 3 is 3.03 bits per heavy atom. The Morgan fingerprint density at radius 1 is 1.33 bits per heavy atom. The SMILES string of the molecule is CN=C(NCCCn1nc2n(c1=O)CCCC2)NC1CCN(c2cccc(Cl)c2)C1. The lowest BCUT2D eigenvalue weighted by Crippen LogP contribution is -2.45. The molecule has 2 aromatic rings. The second-order valence-corrected chi connectivity index (χ2v) is 8.38. The van der Waals surface area contributed by atoms with Gasteiger partial charge in [-0.15, -0.1) is 0 Å². The molecule has 1 atom stereocenters. The third-order valence-corrected chi connectivity index (χ3v) is 6.03. The number of benzene rings is 1. The lowest BCUT2D eigenvalue weighted by atomic mass is 10.2. The molecule has 0 radical (unpaired) electrons. The summed E-state index contributed by atoms with van der Waals surface area (Å²) in [5.41, 5.74) is 1.18. The van der Waals surface area contributed by atoms with E-state index in [4.69, 9.17) is 11.6 Å². The average molecular weight is 432 g/mol. The van der Waals surface area contributed by atoms with Crippen molar-refractivity contribution in [3.05, 3.63) is 45.6 Å². The van der Waals surface area contributed by atoms with Gasteiger partial charge in [0.25, 0.3) is 0 Å². The predicted molar refractivity (Wildman–Crippen MR) is 121 cm³/mol. The Bertz CT molecular complexity index is 951. The Morgan fingerprint density at radius 2 is 2.23 bits per heavy atom. The highest BCUT2D eigenvalue weighted by molar-refractivity contribution is 6.30. The zero-order chi connectivity index (χ0) is 20.9. The van der Waals surface area contributed by atoms with Gasteiger partial charge in [-0.2, -0.15) is 5.10 Å². The highest BCUT2D eigenvalue weighted by Gasteiger charge is 2.23. The van der Waals surface area contributed by atoms with Crippen molar-refractivity contribution in [3.63, 3.8) is 0 Å². The Labute approximate surface area is 181 Å². The normalized spacial score (nSPS) is 19.1. The fraction of sp³-hybridized carbons (Fsp3) is 0.571. The molecule has 3 heterocycles. The van der Waals surface area contributed by atoms with Crippen molar-refractivity contribution in [1.82, 2.24) is 25.0 Å². The maximum Gasteiger partial charge on any atom is 0.345 e. The van der Waals surface area contributed by atoms with Gasteiger partial charge in [-0.3, -0.25) is 9.56 Å². The number of guanidine groups is 1. The van der Waals surface area contributed by atoms with E-state index in [-0.39, 0.29) is 5.69 Å². The summed E-state index contributed by atoms with van der Waals surface area (Å²) in [7, 11) is 1.78. The van der Waals surface area contributed by atoms with Gasteiger partial charge in [-0.05, 0) is 43.9 Å². The third-order valence-electron chi connectivity index (χ3n) is 5.80. The summed E-state index contributed by atoms with van der Waals surface area (Å²) in [6.45, 7) is 4.06. The number of hydrogen-bond donors (Lipinski definition) is 2. The summed E-state index contributed by atoms with van der Waals surface area (Å²) >= 11 is 6.12. The smallest absolute Gasteiger partial charge is 0.345 e. The molecule has 0 aliphatic carbocycles. The van der Waals surface area contributed by atoms with Crippen LogP contribution in [0.4, 0.5) is 5.69 Å². The number of aliphatic imine (C=N–C) groups is 1. The Balaban J connectivity index is 1.22. The summed E-state index contributed by atoms with van der Waals surface area (Å²) < 4.78 is 3.43. The molecule has 0 bridgehead atoms. The van der Waals surface area contributed by atoms with Gasteiger partial charge in [0.1, 0.15) is 5.82 Å². The molecule has 30 heavy (non-hydrogen) atoms. The van der Waals surface area contributed by atoms with Gasteiger partial charge < -0.3 is 15.5 Å². The summed E-state index contributed by atoms with van der Waals surface area (Å²) in [5, 5.41) is 12.1. The van der Waals surface area contributed by atoms with Crippen LogP contribution < -0.4 is 21.2 Å². The van der Waals surface area contributed by atoms with Crippen LogP contribution in [0.3, 0.4) is 0 Å². The zero-order valence-electron chi connectivity index (χ0n) is 17.5. The first kappa shape index (κ1) is 20.8. The van der Waals surface area contributed by atoms with Gasteiger partial charge in [0.15, 0.2) is 5.96 Å². The zero-order valence-corrected chi connectivity index (χ0v) is 18.2. The first-order valence-corrected chi connectivity index (χ1v) is 11.2. The monoisotopic (exact) mass is 431 g/mol. The quantitative estimate of drug-likeness (QED) is 0.414. The van der Waals surface area contributed by atoms with Gasteiger partial charge in [0.2, 0.25) is 0 Å². The molecule has 2 aliphatic rings. The molecule has 2 N–H and O–H groups in total. The lowest BCUT2D eigenvalue weighted by Gasteiger charge is -2.20. The van der Waals surface area contributed by atoms with E-state index in [2.05, 4.69) is 31.7 Å². The number of aromatic nitrogens is 3. The number of aryl methyl sites for hydroxylation is 2. The largest absolute Gasteiger partial charge is 0.369 e. The van der Waals surface area contributed by atoms with Crippen LogP contribution in [0.5, 0.6) is 0 Å². The maximum atomic E-state index is 12.4. The number of halogens is 1. The molecule has 1 unspecified atom stereocenters. The van der Waals surface area contributed by atoms with Crippen LogP contribution in [0, 0.1) is 0 Å². The molecular formula is C21H30ClN7O. The predicted octanol–water partition coefficient (Wildman–Crippen LogP) is 1.87. The standard InChI is InChI=1S/C21H30ClN7O/c1-23-20(25-17-9-13-27(15-17)18-7-4-6-16(22)14-18)24-10-5-12-29-21(30)28-11-3-2-8-19(28)26-29/h4,6-7,14,17H,2-3,5,8-13,15H2,1H3,(H2,23,24,25). The van der Waals surface area contributed by atoms with Crippen LogP contribution in [0.15, 0.2) is 34.1 Å².